The Morgan fingerprint density at radius 3 is 0.761 bits per heavy atom. The van der Waals surface area contributed by atoms with E-state index in [4.69, 9.17) is 5.73 Å². The summed E-state index contributed by atoms with van der Waals surface area (Å²) < 4.78 is 1.10. The van der Waals surface area contributed by atoms with Gasteiger partial charge in [0.25, 0.3) is 0 Å². The molecule has 17 aromatic rings. The second-order valence-corrected chi connectivity index (χ2v) is 25.1. The summed E-state index contributed by atoms with van der Waals surface area (Å²) in [6.07, 6.45) is 16.3. The number of aromatic nitrogens is 6. The van der Waals surface area contributed by atoms with Crippen LogP contribution in [0, 0.1) is 36.4 Å². The summed E-state index contributed by atoms with van der Waals surface area (Å²) in [5, 5.41) is 0. The van der Waals surface area contributed by atoms with E-state index in [-0.39, 0.29) is 40.2 Å². The van der Waals surface area contributed by atoms with Gasteiger partial charge in [0, 0.05) is 64.4 Å². The van der Waals surface area contributed by atoms with E-state index in [0.717, 1.165) is 134 Å². The number of anilines is 4. The molecule has 0 aliphatic carbocycles. The fourth-order valence-corrected chi connectivity index (χ4v) is 11.2. The van der Waals surface area contributed by atoms with E-state index in [1.54, 1.807) is 31.0 Å². The first-order valence-electron chi connectivity index (χ1n) is 35.8. The first-order valence-corrected chi connectivity index (χ1v) is 36.5. The van der Waals surface area contributed by atoms with Crippen molar-refractivity contribution in [2.75, 3.05) is 10.6 Å². The average Bonchev–Trinajstić information content (AvgIpc) is 0.798. The van der Waals surface area contributed by atoms with Crippen LogP contribution in [-0.4, -0.2) is 29.9 Å². The van der Waals surface area contributed by atoms with Crippen molar-refractivity contribution in [1.29, 1.82) is 0 Å². The van der Waals surface area contributed by atoms with Crippen molar-refractivity contribution in [3.05, 3.63) is 478 Å². The van der Waals surface area contributed by atoms with Gasteiger partial charge in [0.15, 0.2) is 0 Å². The minimum absolute atomic E-state index is 0. The number of nitrogens with two attached hydrogens (primary N) is 1. The molecule has 11 aromatic carbocycles. The van der Waals surface area contributed by atoms with Gasteiger partial charge in [-0.1, -0.05) is 187 Å². The van der Waals surface area contributed by atoms with Gasteiger partial charge in [-0.2, -0.15) is 0 Å². The molecule has 0 aliphatic rings. The van der Waals surface area contributed by atoms with Gasteiger partial charge >= 0.3 is 40.2 Å². The molecule has 6 aromatic heterocycles. The SMILES string of the molecule is C=Cc1ccc(Br)cc1.C=Cc1ccc(N(c2ccc(C=C)cc2)c2ccc(-c3cc[c-]c(-c4ccccn4)c3)cc2)cc1.Nc1ccc(-c2cc[c-]c(-c3ccccn3)c2)cc1.[Ir+3].[Ir+3].[c-]1ccccc1-c1ccccn1.[c-]1ccccc1-c1ccccn1.[c-]1ccccc1-c1ccccn1.[c-]1ccccc1-c1ccccn1. The molecule has 0 saturated carbocycles. The van der Waals surface area contributed by atoms with Crippen molar-refractivity contribution < 1.29 is 40.2 Å². The number of hydrogen-bond acceptors (Lipinski definition) is 8. The molecule has 0 spiro atoms. The Morgan fingerprint density at radius 2 is 0.504 bits per heavy atom. The molecule has 0 bridgehead atoms. The Bertz CT molecular complexity index is 5020. The minimum Gasteiger partial charge on any atom is -0.399 e. The Balaban J connectivity index is 0.000000160. The van der Waals surface area contributed by atoms with Crippen LogP contribution in [0.2, 0.25) is 0 Å². The largest absolute Gasteiger partial charge is 3.00 e. The summed E-state index contributed by atoms with van der Waals surface area (Å²) in [5.41, 5.74) is 29.5. The molecule has 8 nitrogen and oxygen atoms in total. The van der Waals surface area contributed by atoms with Gasteiger partial charge in [-0.05, 0) is 159 Å². The van der Waals surface area contributed by atoms with Crippen LogP contribution in [0.3, 0.4) is 0 Å². The van der Waals surface area contributed by atoms with Crippen LogP contribution in [0.25, 0.3) is 108 Å². The van der Waals surface area contributed by atoms with E-state index in [1.165, 1.54) is 0 Å². The smallest absolute Gasteiger partial charge is 0.399 e. The maximum Gasteiger partial charge on any atom is 3.00 e. The Hall–Kier alpha value is -13.1. The predicted octanol–water partition coefficient (Wildman–Crippen LogP) is 26.1. The number of rotatable bonds is 14. The minimum atomic E-state index is 0. The summed E-state index contributed by atoms with van der Waals surface area (Å²) in [4.78, 5) is 27.9. The molecule has 2 N–H and O–H groups in total. The van der Waals surface area contributed by atoms with Crippen LogP contribution in [0.1, 0.15) is 16.7 Å². The van der Waals surface area contributed by atoms with Gasteiger partial charge in [-0.15, -0.1) is 214 Å². The molecular formula is C102H77BrIr2N8. The number of halogens is 1. The third kappa shape index (κ3) is 26.6. The zero-order chi connectivity index (χ0) is 76.7. The molecule has 0 aliphatic heterocycles. The van der Waals surface area contributed by atoms with Crippen molar-refractivity contribution >= 4 is 56.9 Å². The van der Waals surface area contributed by atoms with E-state index in [1.807, 2.05) is 297 Å². The monoisotopic (exact) mass is 1880 g/mol. The fourth-order valence-electron chi connectivity index (χ4n) is 11.0. The van der Waals surface area contributed by atoms with Crippen LogP contribution in [0.15, 0.2) is 425 Å². The molecule has 113 heavy (non-hydrogen) atoms. The van der Waals surface area contributed by atoms with E-state index >= 15 is 0 Å². The second kappa shape index (κ2) is 46.4. The molecule has 17 rings (SSSR count). The normalized spacial score (nSPS) is 9.81. The summed E-state index contributed by atoms with van der Waals surface area (Å²) >= 11 is 3.34. The molecular weight excluding hydrogens is 1800 g/mol. The number of hydrogen-bond donors (Lipinski definition) is 1. The predicted molar refractivity (Wildman–Crippen MR) is 465 cm³/mol. The van der Waals surface area contributed by atoms with E-state index in [0.29, 0.717) is 0 Å². The molecule has 0 radical (unpaired) electrons. The second-order valence-electron chi connectivity index (χ2n) is 24.2. The topological polar surface area (TPSA) is 107 Å². The number of pyridine rings is 6. The fraction of sp³-hybridized carbons (Fsp3) is 0. The Kier molecular flexibility index (Phi) is 34.5. The molecule has 550 valence electrons. The molecule has 0 amide bonds. The number of nitrogens with zero attached hydrogens (tertiary/aromatic N) is 7. The number of benzene rings is 11. The first-order chi connectivity index (χ1) is 54.8. The quantitative estimate of drug-likeness (QED) is 0.0848. The zero-order valence-corrected chi connectivity index (χ0v) is 68.1. The molecule has 11 heteroatoms. The van der Waals surface area contributed by atoms with Crippen LogP contribution >= 0.6 is 15.9 Å². The molecule has 0 fully saturated rings. The summed E-state index contributed by atoms with van der Waals surface area (Å²) in [5.74, 6) is 0. The van der Waals surface area contributed by atoms with Gasteiger partial charge < -0.3 is 40.5 Å². The van der Waals surface area contributed by atoms with Crippen LogP contribution in [0.4, 0.5) is 22.7 Å². The zero-order valence-electron chi connectivity index (χ0n) is 61.7. The molecule has 0 unspecified atom stereocenters. The summed E-state index contributed by atoms with van der Waals surface area (Å²) in [7, 11) is 0. The van der Waals surface area contributed by atoms with Crippen molar-refractivity contribution in [1.82, 2.24) is 29.9 Å². The molecule has 6 heterocycles. The van der Waals surface area contributed by atoms with Crippen molar-refractivity contribution in [3.63, 3.8) is 0 Å². The van der Waals surface area contributed by atoms with Crippen molar-refractivity contribution in [3.8, 4) is 89.8 Å². The van der Waals surface area contributed by atoms with Gasteiger partial charge in [-0.3, -0.25) is 0 Å². The summed E-state index contributed by atoms with van der Waals surface area (Å²) in [6, 6.07) is 139. The third-order valence-corrected chi connectivity index (χ3v) is 17.2. The van der Waals surface area contributed by atoms with Crippen molar-refractivity contribution in [2.45, 2.75) is 0 Å². The van der Waals surface area contributed by atoms with Crippen LogP contribution in [-0.2, 0) is 40.2 Å². The van der Waals surface area contributed by atoms with E-state index in [9.17, 15) is 0 Å². The van der Waals surface area contributed by atoms with Gasteiger partial charge in [0.2, 0.25) is 0 Å². The van der Waals surface area contributed by atoms with E-state index < -0.39 is 0 Å². The molecule has 0 saturated heterocycles. The Morgan fingerprint density at radius 1 is 0.257 bits per heavy atom. The van der Waals surface area contributed by atoms with Gasteiger partial charge in [-0.25, -0.2) is 0 Å². The summed E-state index contributed by atoms with van der Waals surface area (Å²) in [6.45, 7) is 11.4. The maximum atomic E-state index is 5.71. The maximum absolute atomic E-state index is 5.71. The first kappa shape index (κ1) is 83.9. The molecule has 0 atom stereocenters. The average molecular weight is 1880 g/mol. The Labute approximate surface area is 700 Å². The van der Waals surface area contributed by atoms with Gasteiger partial charge in [0.1, 0.15) is 0 Å². The van der Waals surface area contributed by atoms with Crippen molar-refractivity contribution in [2.24, 2.45) is 0 Å². The van der Waals surface area contributed by atoms with Crippen LogP contribution in [0.5, 0.6) is 0 Å². The van der Waals surface area contributed by atoms with Crippen LogP contribution < -0.4 is 10.6 Å². The standard InChI is InChI=1S/C33H25N2.C17H13N2.4C11H8N.C8H7Br.2Ir/c1-3-25-11-17-30(18-12-25)35(31-19-13-26(4-2)14-20-31)32-21-15-27(16-22-32)28-8-7-9-29(24-28)33-10-5-6-23-34-33;18-16-9-7-13(8-10-16)14-4-3-5-15(12-14)17-6-1-2-11-19-17;4*1-2-6-10(7-3-1)11-8-4-5-9-12-11;1-2-7-3-5-8(9)6-4-7;;/h3-8,10-24H,1-2H2;1-4,6-12H,18H2;4*1-6,8-9H;2-6H,1H2;;/q6*-1;;2*+3. The third-order valence-electron chi connectivity index (χ3n) is 16.7. The van der Waals surface area contributed by atoms with E-state index in [2.05, 4.69) is 198 Å². The number of nitrogen functional groups attached to an aromatic ring is 1. The van der Waals surface area contributed by atoms with Gasteiger partial charge in [0.05, 0.1) is 0 Å².